The molecule has 10 heteroatoms. The van der Waals surface area contributed by atoms with Gasteiger partial charge >= 0.3 is 11.9 Å². The molecule has 1 atom stereocenters. The molecule has 9 nitrogen and oxygen atoms in total. The summed E-state index contributed by atoms with van der Waals surface area (Å²) in [6, 6.07) is 0.771. The molecule has 0 saturated carbocycles. The van der Waals surface area contributed by atoms with Crippen LogP contribution in [-0.4, -0.2) is 57.4 Å². The number of carboxylic acid groups (broad SMARTS) is 1. The van der Waals surface area contributed by atoms with Gasteiger partial charge in [0.25, 0.3) is 11.7 Å². The maximum absolute atomic E-state index is 12.0. The maximum Gasteiger partial charge on any atom is 0.339 e. The van der Waals surface area contributed by atoms with Crippen molar-refractivity contribution in [2.24, 2.45) is 0 Å². The number of aromatic hydroxyl groups is 2. The van der Waals surface area contributed by atoms with Gasteiger partial charge in [0, 0.05) is 23.1 Å². The summed E-state index contributed by atoms with van der Waals surface area (Å²) in [6.07, 6.45) is 0. The molecule has 0 radical (unpaired) electrons. The third-order valence-corrected chi connectivity index (χ3v) is 4.21. The SMILES string of the molecule is O=C1COC(=O)c2cc(O)cc(O)c2CSC[C@@H](C(=O)O)NC1=O. The highest BCUT2D eigenvalue weighted by Crippen LogP contribution is 2.31. The fourth-order valence-corrected chi connectivity index (χ4v) is 3.03. The van der Waals surface area contributed by atoms with E-state index in [2.05, 4.69) is 0 Å². The van der Waals surface area contributed by atoms with Crippen molar-refractivity contribution in [1.29, 1.82) is 0 Å². The molecule has 1 heterocycles. The number of benzene rings is 1. The van der Waals surface area contributed by atoms with Crippen molar-refractivity contribution in [2.75, 3.05) is 12.4 Å². The first kappa shape index (κ1) is 17.6. The Balaban J connectivity index is 2.37. The third kappa shape index (κ3) is 3.96. The van der Waals surface area contributed by atoms with Gasteiger partial charge in [-0.1, -0.05) is 0 Å². The maximum atomic E-state index is 12.0. The van der Waals surface area contributed by atoms with E-state index >= 15 is 0 Å². The standard InChI is InChI=1S/C14H13NO8S/c16-6-1-7-8(10(17)2-6)4-24-5-9(13(20)21)15-12(19)11(18)3-23-14(7)22/h1-2,9,16-17H,3-5H2,(H,15,19)(H,20,21)/t9-/m0/s1. The smallest absolute Gasteiger partial charge is 0.339 e. The number of aliphatic carboxylic acids is 1. The summed E-state index contributed by atoms with van der Waals surface area (Å²) in [4.78, 5) is 46.3. The molecule has 1 amide bonds. The summed E-state index contributed by atoms with van der Waals surface area (Å²) < 4.78 is 4.70. The zero-order valence-electron chi connectivity index (χ0n) is 12.1. The fraction of sp³-hybridized carbons (Fsp3) is 0.286. The largest absolute Gasteiger partial charge is 0.508 e. The Hall–Kier alpha value is -2.75. The predicted molar refractivity (Wildman–Crippen MR) is 80.8 cm³/mol. The summed E-state index contributed by atoms with van der Waals surface area (Å²) in [5.74, 6) is -5.42. The van der Waals surface area contributed by atoms with Crippen molar-refractivity contribution < 1.29 is 39.2 Å². The number of hydrogen-bond donors (Lipinski definition) is 4. The first-order valence-corrected chi connectivity index (χ1v) is 7.81. The Morgan fingerprint density at radius 1 is 1.25 bits per heavy atom. The molecular weight excluding hydrogens is 342 g/mol. The quantitative estimate of drug-likeness (QED) is 0.391. The van der Waals surface area contributed by atoms with Gasteiger partial charge in [-0.2, -0.15) is 11.8 Å². The molecule has 0 saturated heterocycles. The van der Waals surface area contributed by atoms with E-state index in [1.165, 1.54) is 0 Å². The zero-order chi connectivity index (χ0) is 17.9. The van der Waals surface area contributed by atoms with Crippen molar-refractivity contribution in [3.05, 3.63) is 23.3 Å². The Bertz CT molecular complexity index is 717. The topological polar surface area (TPSA) is 150 Å². The number of amides is 1. The molecule has 0 unspecified atom stereocenters. The predicted octanol–water partition coefficient (Wildman–Crippen LogP) is -0.360. The third-order valence-electron chi connectivity index (χ3n) is 3.15. The van der Waals surface area contributed by atoms with Crippen LogP contribution in [0.25, 0.3) is 0 Å². The van der Waals surface area contributed by atoms with Gasteiger partial charge in [0.1, 0.15) is 17.5 Å². The van der Waals surface area contributed by atoms with Crippen LogP contribution in [0.3, 0.4) is 0 Å². The summed E-state index contributed by atoms with van der Waals surface area (Å²) in [5.41, 5.74) is -0.0352. The highest BCUT2D eigenvalue weighted by molar-refractivity contribution is 7.98. The van der Waals surface area contributed by atoms with E-state index in [-0.39, 0.29) is 34.1 Å². The number of phenols is 2. The van der Waals surface area contributed by atoms with Crippen molar-refractivity contribution in [3.8, 4) is 11.5 Å². The van der Waals surface area contributed by atoms with Gasteiger partial charge in [-0.05, 0) is 6.07 Å². The number of rotatable bonds is 1. The van der Waals surface area contributed by atoms with E-state index in [4.69, 9.17) is 9.84 Å². The molecule has 1 aliphatic heterocycles. The summed E-state index contributed by atoms with van der Waals surface area (Å²) in [7, 11) is 0. The number of esters is 1. The molecule has 0 fully saturated rings. The number of ketones is 1. The highest BCUT2D eigenvalue weighted by Gasteiger charge is 2.27. The van der Waals surface area contributed by atoms with Gasteiger partial charge in [-0.25, -0.2) is 9.59 Å². The Kier molecular flexibility index (Phi) is 5.29. The average molecular weight is 355 g/mol. The number of phenolic OH excluding ortho intramolecular Hbond substituents is 2. The zero-order valence-corrected chi connectivity index (χ0v) is 13.0. The number of Topliss-reactive ketones (excluding diaryl/α,β-unsaturated/α-hetero) is 1. The molecule has 128 valence electrons. The lowest BCUT2D eigenvalue weighted by Gasteiger charge is -2.17. The van der Waals surface area contributed by atoms with Crippen LogP contribution in [0.5, 0.6) is 11.5 Å². The summed E-state index contributed by atoms with van der Waals surface area (Å²) >= 11 is 1.02. The average Bonchev–Trinajstić information content (AvgIpc) is 2.51. The van der Waals surface area contributed by atoms with Crippen LogP contribution in [-0.2, 0) is 24.9 Å². The van der Waals surface area contributed by atoms with Gasteiger partial charge in [0.15, 0.2) is 6.61 Å². The van der Waals surface area contributed by atoms with Crippen LogP contribution in [0.15, 0.2) is 12.1 Å². The fourth-order valence-electron chi connectivity index (χ4n) is 1.94. The van der Waals surface area contributed by atoms with Gasteiger partial charge in [0.2, 0.25) is 0 Å². The second-order valence-electron chi connectivity index (χ2n) is 4.87. The van der Waals surface area contributed by atoms with Crippen molar-refractivity contribution >= 4 is 35.4 Å². The lowest BCUT2D eigenvalue weighted by molar-refractivity contribution is -0.144. The molecule has 1 aliphatic rings. The van der Waals surface area contributed by atoms with Crippen LogP contribution >= 0.6 is 11.8 Å². The van der Waals surface area contributed by atoms with Crippen molar-refractivity contribution in [2.45, 2.75) is 11.8 Å². The molecule has 24 heavy (non-hydrogen) atoms. The number of carbonyl (C=O) groups is 4. The second kappa shape index (κ2) is 7.21. The minimum absolute atomic E-state index is 0.0319. The van der Waals surface area contributed by atoms with Crippen LogP contribution in [0.2, 0.25) is 0 Å². The van der Waals surface area contributed by atoms with Crippen LogP contribution < -0.4 is 5.32 Å². The Morgan fingerprint density at radius 2 is 1.96 bits per heavy atom. The van der Waals surface area contributed by atoms with Gasteiger partial charge in [0.05, 0.1) is 5.56 Å². The molecular formula is C14H13NO8S. The number of carbonyl (C=O) groups excluding carboxylic acids is 3. The number of nitrogens with one attached hydrogen (secondary N) is 1. The molecule has 1 aromatic rings. The van der Waals surface area contributed by atoms with Crippen molar-refractivity contribution in [3.63, 3.8) is 0 Å². The Labute approximate surface area is 139 Å². The van der Waals surface area contributed by atoms with E-state index < -0.39 is 36.3 Å². The summed E-state index contributed by atoms with van der Waals surface area (Å²) in [6.45, 7) is -0.889. The van der Waals surface area contributed by atoms with Gasteiger partial charge in [-0.3, -0.25) is 9.59 Å². The minimum atomic E-state index is -1.33. The highest BCUT2D eigenvalue weighted by atomic mass is 32.2. The van der Waals surface area contributed by atoms with E-state index in [0.29, 0.717) is 0 Å². The van der Waals surface area contributed by atoms with Gasteiger partial charge in [-0.15, -0.1) is 0 Å². The molecule has 2 rings (SSSR count). The molecule has 4 N–H and O–H groups in total. The normalized spacial score (nSPS) is 19.3. The lowest BCUT2D eigenvalue weighted by Crippen LogP contribution is -2.46. The first-order valence-electron chi connectivity index (χ1n) is 6.65. The van der Waals surface area contributed by atoms with Gasteiger partial charge < -0.3 is 25.4 Å². The van der Waals surface area contributed by atoms with Crippen LogP contribution in [0, 0.1) is 0 Å². The molecule has 0 spiro atoms. The van der Waals surface area contributed by atoms with E-state index in [9.17, 15) is 29.4 Å². The number of cyclic esters (lactones) is 1. The van der Waals surface area contributed by atoms with Crippen LogP contribution in [0.1, 0.15) is 15.9 Å². The number of ether oxygens (including phenoxy) is 1. The van der Waals surface area contributed by atoms with E-state index in [1.807, 2.05) is 5.32 Å². The minimum Gasteiger partial charge on any atom is -0.508 e. The molecule has 0 aromatic heterocycles. The Morgan fingerprint density at radius 3 is 2.62 bits per heavy atom. The molecule has 0 aliphatic carbocycles. The molecule has 0 bridgehead atoms. The summed E-state index contributed by atoms with van der Waals surface area (Å²) in [5, 5.41) is 30.5. The van der Waals surface area contributed by atoms with Crippen molar-refractivity contribution in [1.82, 2.24) is 5.32 Å². The number of thioether (sulfide) groups is 1. The lowest BCUT2D eigenvalue weighted by atomic mass is 10.1. The number of carboxylic acids is 1. The van der Waals surface area contributed by atoms with E-state index in [0.717, 1.165) is 23.9 Å². The number of fused-ring (bicyclic) bond motifs is 1. The first-order chi connectivity index (χ1) is 11.3. The second-order valence-corrected chi connectivity index (χ2v) is 5.90. The molecule has 1 aromatic carbocycles. The number of hydrogen-bond acceptors (Lipinski definition) is 8. The van der Waals surface area contributed by atoms with E-state index in [1.54, 1.807) is 0 Å². The monoisotopic (exact) mass is 355 g/mol. The van der Waals surface area contributed by atoms with Crippen LogP contribution in [0.4, 0.5) is 0 Å².